The third-order valence-electron chi connectivity index (χ3n) is 10.2. The van der Waals surface area contributed by atoms with Crippen LogP contribution in [0.5, 0.6) is 0 Å². The molecule has 0 spiro atoms. The smallest absolute Gasteiger partial charge is 0.255 e. The normalized spacial score (nSPS) is 14.2. The number of nitriles is 2. The standard InChI is InChI=1S/C42H43F5N14O5/c1-40(2,65)29(43)17-55-38(63)25-15-52-33(8-27(25)50-19-31(45)46)61-37-24(7-22(11-49)13-54-37)34(59-61)35(62)42(5,47)20-57-28-9-32(60-36-23(14-58-60)6-21(10-48)12-53-36)51-16-26(28)39(64)56-18-30(44)41(3,4)66/h6-9,12-16,29-31,35,62,65-66H,17-20H2,1-5H3,(H,50,52)(H,51,57)(H,55,63)(H,56,64). The molecule has 0 aliphatic rings. The predicted molar refractivity (Wildman–Crippen MR) is 227 cm³/mol. The molecule has 0 bridgehead atoms. The van der Waals surface area contributed by atoms with E-state index >= 15 is 4.39 Å². The Labute approximate surface area is 372 Å². The molecule has 0 aliphatic carbocycles. The van der Waals surface area contributed by atoms with Crippen LogP contribution in [0.4, 0.5) is 33.3 Å². The van der Waals surface area contributed by atoms with Crippen molar-refractivity contribution in [1.29, 1.82) is 10.5 Å². The van der Waals surface area contributed by atoms with Crippen molar-refractivity contribution in [2.45, 2.75) is 76.4 Å². The molecular formula is C42H43F5N14O5. The fourth-order valence-corrected chi connectivity index (χ4v) is 6.26. The summed E-state index contributed by atoms with van der Waals surface area (Å²) in [6, 6.07) is 9.15. The Morgan fingerprint density at radius 3 is 1.76 bits per heavy atom. The monoisotopic (exact) mass is 918 g/mol. The maximum absolute atomic E-state index is 17.1. The van der Waals surface area contributed by atoms with Crippen LogP contribution in [-0.2, 0) is 0 Å². The van der Waals surface area contributed by atoms with Gasteiger partial charge in [-0.3, -0.25) is 9.59 Å². The van der Waals surface area contributed by atoms with Crippen LogP contribution in [0, 0.1) is 22.7 Å². The maximum Gasteiger partial charge on any atom is 0.255 e. The number of alkyl halides is 5. The molecule has 4 unspecified atom stereocenters. The van der Waals surface area contributed by atoms with Crippen molar-refractivity contribution in [2.24, 2.45) is 0 Å². The first-order valence-electron chi connectivity index (χ1n) is 20.0. The Balaban J connectivity index is 1.35. The molecule has 0 saturated carbocycles. The van der Waals surface area contributed by atoms with Gasteiger partial charge in [-0.15, -0.1) is 0 Å². The molecule has 0 saturated heterocycles. The molecule has 0 aromatic carbocycles. The minimum atomic E-state index is -2.89. The van der Waals surface area contributed by atoms with Crippen LogP contribution in [0.15, 0.2) is 55.2 Å². The van der Waals surface area contributed by atoms with Crippen LogP contribution >= 0.6 is 0 Å². The van der Waals surface area contributed by atoms with Gasteiger partial charge < -0.3 is 36.6 Å². The lowest BCUT2D eigenvalue weighted by molar-refractivity contribution is -0.00209. The van der Waals surface area contributed by atoms with Crippen LogP contribution in [0.1, 0.15) is 78.3 Å². The van der Waals surface area contributed by atoms with Crippen LogP contribution in [0.2, 0.25) is 0 Å². The van der Waals surface area contributed by atoms with Gasteiger partial charge in [0.1, 0.15) is 36.3 Å². The van der Waals surface area contributed by atoms with Crippen molar-refractivity contribution in [3.05, 3.63) is 83.2 Å². The van der Waals surface area contributed by atoms with Gasteiger partial charge in [0.05, 0.1) is 77.2 Å². The Kier molecular flexibility index (Phi) is 13.8. The topological polar surface area (TPSA) is 278 Å². The molecule has 6 aromatic heterocycles. The van der Waals surface area contributed by atoms with Gasteiger partial charge >= 0.3 is 0 Å². The quantitative estimate of drug-likeness (QED) is 0.0602. The second-order valence-electron chi connectivity index (χ2n) is 16.5. The SMILES string of the molecule is CC(C)(O)C(F)CNC(=O)c1cnc(-n2nc(C(O)C(C)(F)CNc3cc(-n4ncc5cc(C#N)cnc54)ncc3C(=O)NCC(F)C(C)(C)O)c3cc(C#N)cnc32)cc1NCC(F)F. The Hall–Kier alpha value is -7.41. The van der Waals surface area contributed by atoms with Crippen molar-refractivity contribution in [1.82, 2.24) is 50.1 Å². The first-order chi connectivity index (χ1) is 31.0. The van der Waals surface area contributed by atoms with Crippen LogP contribution < -0.4 is 21.3 Å². The zero-order valence-electron chi connectivity index (χ0n) is 35.9. The minimum absolute atomic E-state index is 0.0183. The first kappa shape index (κ1) is 48.1. The Morgan fingerprint density at radius 1 is 0.712 bits per heavy atom. The number of aliphatic hydroxyl groups is 3. The minimum Gasteiger partial charge on any atom is -0.387 e. The Morgan fingerprint density at radius 2 is 1.23 bits per heavy atom. The van der Waals surface area contributed by atoms with Gasteiger partial charge in [0.25, 0.3) is 18.2 Å². The van der Waals surface area contributed by atoms with E-state index in [1.54, 1.807) is 0 Å². The average molecular weight is 919 g/mol. The van der Waals surface area contributed by atoms with Crippen LogP contribution in [0.25, 0.3) is 33.7 Å². The summed E-state index contributed by atoms with van der Waals surface area (Å²) in [5.74, 6) is -1.90. The zero-order valence-corrected chi connectivity index (χ0v) is 35.9. The van der Waals surface area contributed by atoms with E-state index in [1.165, 1.54) is 63.0 Å². The fraction of sp³-hybridized carbons (Fsp3) is 0.381. The summed E-state index contributed by atoms with van der Waals surface area (Å²) in [5, 5.41) is 69.8. The number of aromatic nitrogens is 8. The molecule has 4 atom stereocenters. The predicted octanol–water partition coefficient (Wildman–Crippen LogP) is 3.92. The van der Waals surface area contributed by atoms with Crippen LogP contribution in [-0.4, -0.2) is 128 Å². The number of anilines is 2. The van der Waals surface area contributed by atoms with Gasteiger partial charge in [0, 0.05) is 47.7 Å². The molecule has 2 amide bonds. The molecule has 6 rings (SSSR count). The molecule has 0 aliphatic heterocycles. The summed E-state index contributed by atoms with van der Waals surface area (Å²) >= 11 is 0. The van der Waals surface area contributed by atoms with Gasteiger partial charge in [-0.25, -0.2) is 41.9 Å². The molecule has 346 valence electrons. The number of rotatable bonds is 18. The number of hydrogen-bond acceptors (Lipinski definition) is 15. The van der Waals surface area contributed by atoms with Crippen molar-refractivity contribution in [3.63, 3.8) is 0 Å². The molecule has 6 aromatic rings. The van der Waals surface area contributed by atoms with Gasteiger partial charge in [-0.05, 0) is 46.8 Å². The second-order valence-corrected chi connectivity index (χ2v) is 16.5. The Bertz CT molecular complexity index is 2860. The lowest BCUT2D eigenvalue weighted by atomic mass is 9.96. The average Bonchev–Trinajstić information content (AvgIpc) is 3.88. The molecule has 19 nitrogen and oxygen atoms in total. The number of nitrogens with zero attached hydrogens (tertiary/aromatic N) is 10. The highest BCUT2D eigenvalue weighted by Gasteiger charge is 2.39. The summed E-state index contributed by atoms with van der Waals surface area (Å²) in [7, 11) is 0. The fourth-order valence-electron chi connectivity index (χ4n) is 6.26. The van der Waals surface area contributed by atoms with Crippen molar-refractivity contribution in [3.8, 4) is 23.8 Å². The van der Waals surface area contributed by atoms with Gasteiger partial charge in [-0.1, -0.05) is 0 Å². The number of hydrogen-bond donors (Lipinski definition) is 7. The van der Waals surface area contributed by atoms with Crippen molar-refractivity contribution in [2.75, 3.05) is 36.8 Å². The molecule has 0 radical (unpaired) electrons. The lowest BCUT2D eigenvalue weighted by Crippen LogP contribution is -2.42. The number of pyridine rings is 4. The van der Waals surface area contributed by atoms with Gasteiger partial charge in [0.2, 0.25) is 0 Å². The largest absolute Gasteiger partial charge is 0.387 e. The molecule has 24 heteroatoms. The van der Waals surface area contributed by atoms with E-state index in [9.17, 15) is 53.0 Å². The maximum atomic E-state index is 17.1. The number of amides is 2. The lowest BCUT2D eigenvalue weighted by Gasteiger charge is -2.27. The highest BCUT2D eigenvalue weighted by atomic mass is 19.3. The van der Waals surface area contributed by atoms with Gasteiger partial charge in [0.15, 0.2) is 28.6 Å². The van der Waals surface area contributed by atoms with Crippen LogP contribution in [0.3, 0.4) is 0 Å². The number of carbonyl (C=O) groups excluding carboxylic acids is 2. The number of carbonyl (C=O) groups is 2. The van der Waals surface area contributed by atoms with Crippen molar-refractivity contribution >= 4 is 45.3 Å². The highest BCUT2D eigenvalue weighted by Crippen LogP contribution is 2.35. The first-order valence-corrected chi connectivity index (χ1v) is 20.0. The number of aliphatic hydroxyl groups excluding tert-OH is 1. The van der Waals surface area contributed by atoms with E-state index in [0.717, 1.165) is 36.3 Å². The molecule has 66 heavy (non-hydrogen) atoms. The van der Waals surface area contributed by atoms with Crippen molar-refractivity contribution < 1.29 is 46.9 Å². The number of nitrogens with one attached hydrogen (secondary N) is 4. The molecule has 6 heterocycles. The van der Waals surface area contributed by atoms with E-state index < -0.39 is 79.7 Å². The van der Waals surface area contributed by atoms with E-state index in [1.807, 2.05) is 12.1 Å². The summed E-state index contributed by atoms with van der Waals surface area (Å²) in [6.07, 6.45) is -2.82. The third-order valence-corrected chi connectivity index (χ3v) is 10.2. The zero-order chi connectivity index (χ0) is 48.3. The van der Waals surface area contributed by atoms with E-state index in [2.05, 4.69) is 51.4 Å². The second kappa shape index (κ2) is 19.0. The summed E-state index contributed by atoms with van der Waals surface area (Å²) in [4.78, 5) is 43.7. The summed E-state index contributed by atoms with van der Waals surface area (Å²) in [5.41, 5.74) is -7.01. The molecule has 7 N–H and O–H groups in total. The molecular weight excluding hydrogens is 876 g/mol. The summed E-state index contributed by atoms with van der Waals surface area (Å²) in [6.45, 7) is 2.91. The highest BCUT2D eigenvalue weighted by molar-refractivity contribution is 6.00. The number of fused-ring (bicyclic) bond motifs is 2. The van der Waals surface area contributed by atoms with E-state index in [-0.39, 0.29) is 67.6 Å². The molecule has 0 fully saturated rings. The third kappa shape index (κ3) is 10.6. The van der Waals surface area contributed by atoms with E-state index in [4.69, 9.17) is 0 Å². The summed E-state index contributed by atoms with van der Waals surface area (Å²) < 4.78 is 75.3. The number of halogens is 5. The van der Waals surface area contributed by atoms with Gasteiger partial charge in [-0.2, -0.15) is 30.1 Å². The van der Waals surface area contributed by atoms with E-state index in [0.29, 0.717) is 5.39 Å².